The van der Waals surface area contributed by atoms with Crippen LogP contribution in [0.25, 0.3) is 0 Å². The van der Waals surface area contributed by atoms with E-state index in [1.807, 2.05) is 19.1 Å². The van der Waals surface area contributed by atoms with E-state index in [4.69, 9.17) is 10.2 Å². The molecule has 0 spiro atoms. The Morgan fingerprint density at radius 2 is 1.94 bits per heavy atom. The maximum Gasteiger partial charge on any atom is 0.122 e. The second-order valence-electron chi connectivity index (χ2n) is 5.91. The van der Waals surface area contributed by atoms with E-state index in [-0.39, 0.29) is 11.5 Å². The molecule has 1 aromatic heterocycles. The molecular formula is C14H26N2O. The molecule has 17 heavy (non-hydrogen) atoms. The van der Waals surface area contributed by atoms with Gasteiger partial charge in [0.25, 0.3) is 0 Å². The third-order valence-electron chi connectivity index (χ3n) is 3.67. The quantitative estimate of drug-likeness (QED) is 0.877. The number of hydrogen-bond acceptors (Lipinski definition) is 3. The molecule has 0 amide bonds. The molecule has 2 N–H and O–H groups in total. The van der Waals surface area contributed by atoms with Crippen LogP contribution >= 0.6 is 0 Å². The summed E-state index contributed by atoms with van der Waals surface area (Å²) in [6.07, 6.45) is 0. The van der Waals surface area contributed by atoms with Crippen LogP contribution in [0.2, 0.25) is 0 Å². The van der Waals surface area contributed by atoms with Gasteiger partial charge in [0.15, 0.2) is 0 Å². The molecule has 1 rings (SSSR count). The summed E-state index contributed by atoms with van der Waals surface area (Å²) < 4.78 is 5.70. The Hall–Kier alpha value is -0.800. The van der Waals surface area contributed by atoms with Gasteiger partial charge in [0.05, 0.1) is 6.04 Å². The monoisotopic (exact) mass is 238 g/mol. The average Bonchev–Trinajstić information content (AvgIpc) is 2.63. The summed E-state index contributed by atoms with van der Waals surface area (Å²) in [6, 6.07) is 4.60. The molecule has 3 nitrogen and oxygen atoms in total. The first-order valence-electron chi connectivity index (χ1n) is 6.25. The maximum absolute atomic E-state index is 5.89. The Bertz CT molecular complexity index is 351. The highest BCUT2D eigenvalue weighted by molar-refractivity contribution is 5.10. The van der Waals surface area contributed by atoms with Crippen LogP contribution in [0.3, 0.4) is 0 Å². The van der Waals surface area contributed by atoms with Crippen LogP contribution in [0.5, 0.6) is 0 Å². The van der Waals surface area contributed by atoms with E-state index in [0.29, 0.717) is 12.6 Å². The molecule has 0 bridgehead atoms. The van der Waals surface area contributed by atoms with Gasteiger partial charge >= 0.3 is 0 Å². The summed E-state index contributed by atoms with van der Waals surface area (Å²) in [5.41, 5.74) is 6.12. The van der Waals surface area contributed by atoms with E-state index >= 15 is 0 Å². The minimum Gasteiger partial charge on any atom is -0.465 e. The number of aryl methyl sites for hydroxylation is 1. The smallest absolute Gasteiger partial charge is 0.122 e. The zero-order chi connectivity index (χ0) is 13.2. The zero-order valence-electron chi connectivity index (χ0n) is 11.9. The molecule has 1 heterocycles. The molecule has 2 unspecified atom stereocenters. The van der Waals surface area contributed by atoms with Crippen LogP contribution in [0.1, 0.15) is 45.3 Å². The fourth-order valence-corrected chi connectivity index (χ4v) is 2.00. The summed E-state index contributed by atoms with van der Waals surface area (Å²) in [7, 11) is 2.12. The molecule has 3 heteroatoms. The van der Waals surface area contributed by atoms with Gasteiger partial charge in [0.1, 0.15) is 11.5 Å². The molecule has 0 fully saturated rings. The highest BCUT2D eigenvalue weighted by atomic mass is 16.3. The van der Waals surface area contributed by atoms with Gasteiger partial charge in [-0.25, -0.2) is 0 Å². The Labute approximate surface area is 105 Å². The normalized spacial score (nSPS) is 16.2. The molecule has 2 atom stereocenters. The molecule has 0 radical (unpaired) electrons. The Morgan fingerprint density at radius 3 is 2.29 bits per heavy atom. The van der Waals surface area contributed by atoms with Gasteiger partial charge in [0, 0.05) is 12.6 Å². The number of likely N-dealkylation sites (N-methyl/N-ethyl adjacent to an activating group) is 1. The molecule has 0 saturated carbocycles. The van der Waals surface area contributed by atoms with Crippen molar-refractivity contribution in [1.29, 1.82) is 0 Å². The number of rotatable bonds is 4. The number of furan rings is 1. The van der Waals surface area contributed by atoms with Crippen molar-refractivity contribution in [3.63, 3.8) is 0 Å². The molecule has 0 aromatic carbocycles. The van der Waals surface area contributed by atoms with Crippen molar-refractivity contribution in [2.45, 2.75) is 46.7 Å². The van der Waals surface area contributed by atoms with Crippen LogP contribution in [0, 0.1) is 12.3 Å². The van der Waals surface area contributed by atoms with Crippen LogP contribution in [0.15, 0.2) is 16.5 Å². The summed E-state index contributed by atoms with van der Waals surface area (Å²) in [4.78, 5) is 2.30. The van der Waals surface area contributed by atoms with E-state index in [2.05, 4.69) is 39.6 Å². The maximum atomic E-state index is 5.89. The minimum atomic E-state index is 0.151. The largest absolute Gasteiger partial charge is 0.465 e. The van der Waals surface area contributed by atoms with Crippen LogP contribution in [0.4, 0.5) is 0 Å². The van der Waals surface area contributed by atoms with Crippen molar-refractivity contribution in [2.24, 2.45) is 11.1 Å². The van der Waals surface area contributed by atoms with Gasteiger partial charge in [-0.3, -0.25) is 4.90 Å². The van der Waals surface area contributed by atoms with Gasteiger partial charge in [-0.1, -0.05) is 20.8 Å². The van der Waals surface area contributed by atoms with Gasteiger partial charge < -0.3 is 10.2 Å². The molecule has 0 aliphatic carbocycles. The first-order valence-corrected chi connectivity index (χ1v) is 6.25. The predicted octanol–water partition coefficient (Wildman–Crippen LogP) is 2.95. The van der Waals surface area contributed by atoms with Gasteiger partial charge in [0.2, 0.25) is 0 Å². The first-order chi connectivity index (χ1) is 7.77. The van der Waals surface area contributed by atoms with Crippen LogP contribution < -0.4 is 5.73 Å². The number of hydrogen-bond donors (Lipinski definition) is 1. The lowest BCUT2D eigenvalue weighted by Gasteiger charge is -2.39. The fourth-order valence-electron chi connectivity index (χ4n) is 2.00. The summed E-state index contributed by atoms with van der Waals surface area (Å²) >= 11 is 0. The van der Waals surface area contributed by atoms with Crippen molar-refractivity contribution in [1.82, 2.24) is 4.90 Å². The van der Waals surface area contributed by atoms with Gasteiger partial charge in [-0.15, -0.1) is 0 Å². The van der Waals surface area contributed by atoms with Crippen molar-refractivity contribution < 1.29 is 4.42 Å². The lowest BCUT2D eigenvalue weighted by atomic mass is 9.86. The standard InChI is InChI=1S/C14H26N2O/c1-10-7-8-13(17-10)12(9-15)16(6)11(2)14(3,4)5/h7-8,11-12H,9,15H2,1-6H3. The molecule has 0 saturated heterocycles. The average molecular weight is 238 g/mol. The van der Waals surface area contributed by atoms with E-state index in [0.717, 1.165) is 11.5 Å². The van der Waals surface area contributed by atoms with Crippen molar-refractivity contribution in [3.05, 3.63) is 23.7 Å². The summed E-state index contributed by atoms with van der Waals surface area (Å²) in [5.74, 6) is 1.90. The second kappa shape index (κ2) is 5.23. The highest BCUT2D eigenvalue weighted by Crippen LogP contribution is 2.30. The van der Waals surface area contributed by atoms with Gasteiger partial charge in [-0.2, -0.15) is 0 Å². The van der Waals surface area contributed by atoms with Crippen molar-refractivity contribution in [2.75, 3.05) is 13.6 Å². The topological polar surface area (TPSA) is 42.4 Å². The third kappa shape index (κ3) is 3.33. The zero-order valence-corrected chi connectivity index (χ0v) is 11.9. The Balaban J connectivity index is 2.88. The van der Waals surface area contributed by atoms with Crippen molar-refractivity contribution >= 4 is 0 Å². The third-order valence-corrected chi connectivity index (χ3v) is 3.67. The lowest BCUT2D eigenvalue weighted by molar-refractivity contribution is 0.0894. The summed E-state index contributed by atoms with van der Waals surface area (Å²) in [6.45, 7) is 11.5. The molecule has 0 aliphatic rings. The van der Waals surface area contributed by atoms with E-state index in [9.17, 15) is 0 Å². The second-order valence-corrected chi connectivity index (χ2v) is 5.91. The Kier molecular flexibility index (Phi) is 4.39. The number of nitrogens with zero attached hydrogens (tertiary/aromatic N) is 1. The SMILES string of the molecule is Cc1ccc(C(CN)N(C)C(C)C(C)(C)C)o1. The van der Waals surface area contributed by atoms with Crippen molar-refractivity contribution in [3.8, 4) is 0 Å². The van der Waals surface area contributed by atoms with E-state index < -0.39 is 0 Å². The lowest BCUT2D eigenvalue weighted by Crippen LogP contribution is -2.43. The molecule has 1 aromatic rings. The van der Waals surface area contributed by atoms with E-state index in [1.54, 1.807) is 0 Å². The minimum absolute atomic E-state index is 0.151. The molecule has 0 aliphatic heterocycles. The first kappa shape index (κ1) is 14.3. The van der Waals surface area contributed by atoms with Gasteiger partial charge in [-0.05, 0) is 38.4 Å². The fraction of sp³-hybridized carbons (Fsp3) is 0.714. The predicted molar refractivity (Wildman–Crippen MR) is 71.9 cm³/mol. The molecular weight excluding hydrogens is 212 g/mol. The van der Waals surface area contributed by atoms with Crippen LogP contribution in [-0.2, 0) is 0 Å². The summed E-state index contributed by atoms with van der Waals surface area (Å²) in [5, 5.41) is 0. The van der Waals surface area contributed by atoms with E-state index in [1.165, 1.54) is 0 Å². The highest BCUT2D eigenvalue weighted by Gasteiger charge is 2.29. The Morgan fingerprint density at radius 1 is 1.35 bits per heavy atom. The molecule has 98 valence electrons. The van der Waals surface area contributed by atoms with Crippen LogP contribution in [-0.4, -0.2) is 24.5 Å². The number of nitrogens with two attached hydrogens (primary N) is 1.